The van der Waals surface area contributed by atoms with E-state index in [1.165, 1.54) is 6.07 Å². The molecule has 0 bridgehead atoms. The molecular formula is C20H23ClN4O3. The Hall–Kier alpha value is -2.64. The molecule has 7 nitrogen and oxygen atoms in total. The summed E-state index contributed by atoms with van der Waals surface area (Å²) in [6, 6.07) is 11.6. The number of carbonyl (C=O) groups is 1. The van der Waals surface area contributed by atoms with Crippen LogP contribution in [-0.2, 0) is 0 Å². The fourth-order valence-electron chi connectivity index (χ4n) is 3.26. The van der Waals surface area contributed by atoms with Gasteiger partial charge in [0, 0.05) is 42.8 Å². The average Bonchev–Trinajstić information content (AvgIpc) is 2.68. The number of hydrogen-bond donors (Lipinski definition) is 1. The van der Waals surface area contributed by atoms with E-state index in [9.17, 15) is 14.9 Å². The highest BCUT2D eigenvalue weighted by Gasteiger charge is 2.24. The first-order chi connectivity index (χ1) is 13.3. The zero-order valence-electron chi connectivity index (χ0n) is 15.9. The molecule has 1 atom stereocenters. The van der Waals surface area contributed by atoms with Crippen molar-refractivity contribution in [1.82, 2.24) is 10.2 Å². The summed E-state index contributed by atoms with van der Waals surface area (Å²) < 4.78 is 0. The Morgan fingerprint density at radius 2 is 1.89 bits per heavy atom. The Balaban J connectivity index is 1.79. The minimum absolute atomic E-state index is 0.0485. The molecule has 1 aliphatic heterocycles. The van der Waals surface area contributed by atoms with E-state index < -0.39 is 4.92 Å². The van der Waals surface area contributed by atoms with Crippen LogP contribution >= 0.6 is 11.6 Å². The first kappa shape index (κ1) is 20.1. The van der Waals surface area contributed by atoms with E-state index in [1.54, 1.807) is 24.3 Å². The van der Waals surface area contributed by atoms with Gasteiger partial charge in [-0.25, -0.2) is 0 Å². The van der Waals surface area contributed by atoms with Gasteiger partial charge >= 0.3 is 0 Å². The van der Waals surface area contributed by atoms with Crippen molar-refractivity contribution in [2.24, 2.45) is 0 Å². The van der Waals surface area contributed by atoms with E-state index >= 15 is 0 Å². The van der Waals surface area contributed by atoms with E-state index in [0.29, 0.717) is 23.8 Å². The van der Waals surface area contributed by atoms with Gasteiger partial charge in [-0.15, -0.1) is 0 Å². The largest absolute Gasteiger partial charge is 0.363 e. The van der Waals surface area contributed by atoms with Crippen molar-refractivity contribution >= 4 is 28.9 Å². The molecule has 0 aliphatic carbocycles. The van der Waals surface area contributed by atoms with Crippen molar-refractivity contribution in [3.63, 3.8) is 0 Å². The first-order valence-corrected chi connectivity index (χ1v) is 9.51. The second-order valence-corrected chi connectivity index (χ2v) is 7.44. The Labute approximate surface area is 169 Å². The molecule has 1 N–H and O–H groups in total. The van der Waals surface area contributed by atoms with Gasteiger partial charge in [0.05, 0.1) is 11.0 Å². The zero-order chi connectivity index (χ0) is 20.3. The number of nitrogens with one attached hydrogen (secondary N) is 1. The van der Waals surface area contributed by atoms with Gasteiger partial charge in [0.15, 0.2) is 0 Å². The molecule has 0 spiro atoms. The lowest BCUT2D eigenvalue weighted by atomic mass is 10.1. The maximum absolute atomic E-state index is 12.6. The second kappa shape index (κ2) is 8.58. The second-order valence-electron chi connectivity index (χ2n) is 7.00. The first-order valence-electron chi connectivity index (χ1n) is 9.13. The maximum Gasteiger partial charge on any atom is 0.293 e. The zero-order valence-corrected chi connectivity index (χ0v) is 16.6. The summed E-state index contributed by atoms with van der Waals surface area (Å²) in [6.45, 7) is 4.97. The Morgan fingerprint density at radius 1 is 1.18 bits per heavy atom. The molecule has 1 saturated heterocycles. The van der Waals surface area contributed by atoms with Gasteiger partial charge < -0.3 is 15.1 Å². The van der Waals surface area contributed by atoms with Crippen LogP contribution < -0.4 is 10.2 Å². The molecule has 1 aliphatic rings. The van der Waals surface area contributed by atoms with Gasteiger partial charge in [0.25, 0.3) is 11.6 Å². The van der Waals surface area contributed by atoms with Gasteiger partial charge in [-0.3, -0.25) is 14.9 Å². The van der Waals surface area contributed by atoms with Crippen molar-refractivity contribution < 1.29 is 9.72 Å². The van der Waals surface area contributed by atoms with Crippen LogP contribution in [0, 0.1) is 10.1 Å². The number of rotatable bonds is 5. The average molecular weight is 403 g/mol. The summed E-state index contributed by atoms with van der Waals surface area (Å²) in [7, 11) is 2.03. The number of amides is 1. The van der Waals surface area contributed by atoms with Crippen LogP contribution in [0.2, 0.25) is 5.02 Å². The highest BCUT2D eigenvalue weighted by molar-refractivity contribution is 6.30. The monoisotopic (exact) mass is 402 g/mol. The van der Waals surface area contributed by atoms with Crippen LogP contribution in [0.15, 0.2) is 42.5 Å². The number of likely N-dealkylation sites (N-methyl/N-ethyl adjacent to an activating group) is 1. The van der Waals surface area contributed by atoms with E-state index in [2.05, 4.69) is 10.2 Å². The molecule has 0 saturated carbocycles. The number of nitrogens with zero attached hydrogens (tertiary/aromatic N) is 3. The van der Waals surface area contributed by atoms with Crippen molar-refractivity contribution in [3.05, 3.63) is 68.7 Å². The van der Waals surface area contributed by atoms with Gasteiger partial charge in [0.1, 0.15) is 5.69 Å². The van der Waals surface area contributed by atoms with E-state index in [1.807, 2.05) is 31.0 Å². The molecule has 28 heavy (non-hydrogen) atoms. The topological polar surface area (TPSA) is 78.7 Å². The SMILES string of the molecule is C[C@@H](NC(=O)c1ccc(N2CCN(C)CC2)c([N+](=O)[O-])c1)c1cccc(Cl)c1. The van der Waals surface area contributed by atoms with Crippen molar-refractivity contribution in [2.75, 3.05) is 38.1 Å². The van der Waals surface area contributed by atoms with Gasteiger partial charge in [-0.05, 0) is 43.8 Å². The molecule has 1 amide bonds. The van der Waals surface area contributed by atoms with Crippen LogP contribution in [0.4, 0.5) is 11.4 Å². The van der Waals surface area contributed by atoms with E-state index in [-0.39, 0.29) is 23.2 Å². The number of nitro benzene ring substituents is 1. The molecule has 1 heterocycles. The van der Waals surface area contributed by atoms with Crippen LogP contribution in [0.5, 0.6) is 0 Å². The molecule has 0 radical (unpaired) electrons. The predicted molar refractivity (Wildman–Crippen MR) is 110 cm³/mol. The molecule has 148 valence electrons. The highest BCUT2D eigenvalue weighted by Crippen LogP contribution is 2.30. The van der Waals surface area contributed by atoms with Gasteiger partial charge in [0.2, 0.25) is 0 Å². The summed E-state index contributed by atoms with van der Waals surface area (Å²) in [5.74, 6) is -0.361. The Bertz CT molecular complexity index is 882. The summed E-state index contributed by atoms with van der Waals surface area (Å²) in [4.78, 5) is 28.0. The number of piperazine rings is 1. The molecule has 1 fully saturated rings. The molecule has 2 aromatic rings. The number of benzene rings is 2. The number of halogens is 1. The lowest BCUT2D eigenvalue weighted by Gasteiger charge is -2.33. The minimum atomic E-state index is -0.426. The summed E-state index contributed by atoms with van der Waals surface area (Å²) in [5.41, 5.74) is 1.63. The van der Waals surface area contributed by atoms with Crippen molar-refractivity contribution in [2.45, 2.75) is 13.0 Å². The van der Waals surface area contributed by atoms with E-state index in [4.69, 9.17) is 11.6 Å². The lowest BCUT2D eigenvalue weighted by Crippen LogP contribution is -2.44. The quantitative estimate of drug-likeness (QED) is 0.611. The standard InChI is InChI=1S/C20H23ClN4O3/c1-14(15-4-3-5-17(21)12-15)22-20(26)16-6-7-18(19(13-16)25(27)28)24-10-8-23(2)9-11-24/h3-7,12-14H,8-11H2,1-2H3,(H,22,26)/t14-/m1/s1. The molecular weight excluding hydrogens is 380 g/mol. The molecule has 0 unspecified atom stereocenters. The number of anilines is 1. The smallest absolute Gasteiger partial charge is 0.293 e. The normalized spacial score (nSPS) is 15.9. The summed E-state index contributed by atoms with van der Waals surface area (Å²) in [6.07, 6.45) is 0. The molecule has 8 heteroatoms. The third-order valence-electron chi connectivity index (χ3n) is 4.97. The van der Waals surface area contributed by atoms with Crippen molar-refractivity contribution in [3.8, 4) is 0 Å². The Morgan fingerprint density at radius 3 is 2.54 bits per heavy atom. The third kappa shape index (κ3) is 4.61. The van der Waals surface area contributed by atoms with Gasteiger partial charge in [-0.1, -0.05) is 23.7 Å². The fraction of sp³-hybridized carbons (Fsp3) is 0.350. The van der Waals surface area contributed by atoms with Crippen LogP contribution in [0.1, 0.15) is 28.9 Å². The van der Waals surface area contributed by atoms with Gasteiger partial charge in [-0.2, -0.15) is 0 Å². The molecule has 2 aromatic carbocycles. The van der Waals surface area contributed by atoms with Crippen LogP contribution in [0.3, 0.4) is 0 Å². The van der Waals surface area contributed by atoms with Crippen LogP contribution in [0.25, 0.3) is 0 Å². The maximum atomic E-state index is 12.6. The summed E-state index contributed by atoms with van der Waals surface area (Å²) in [5, 5.41) is 15.1. The fourth-order valence-corrected chi connectivity index (χ4v) is 3.46. The third-order valence-corrected chi connectivity index (χ3v) is 5.21. The van der Waals surface area contributed by atoms with Crippen LogP contribution in [-0.4, -0.2) is 49.0 Å². The lowest BCUT2D eigenvalue weighted by molar-refractivity contribution is -0.384. The highest BCUT2D eigenvalue weighted by atomic mass is 35.5. The number of hydrogen-bond acceptors (Lipinski definition) is 5. The van der Waals surface area contributed by atoms with Crippen molar-refractivity contribution in [1.29, 1.82) is 0 Å². The predicted octanol–water partition coefficient (Wildman–Crippen LogP) is 3.49. The number of nitro groups is 1. The molecule has 0 aromatic heterocycles. The Kier molecular flexibility index (Phi) is 6.16. The number of carbonyl (C=O) groups excluding carboxylic acids is 1. The van der Waals surface area contributed by atoms with E-state index in [0.717, 1.165) is 18.7 Å². The summed E-state index contributed by atoms with van der Waals surface area (Å²) >= 11 is 6.00. The molecule has 3 rings (SSSR count). The minimum Gasteiger partial charge on any atom is -0.363 e.